The van der Waals surface area contributed by atoms with Crippen molar-refractivity contribution < 1.29 is 0 Å². The Morgan fingerprint density at radius 3 is 2.69 bits per heavy atom. The number of nitrogens with two attached hydrogens (primary N) is 1. The van der Waals surface area contributed by atoms with Gasteiger partial charge in [0.2, 0.25) is 0 Å². The van der Waals surface area contributed by atoms with Gasteiger partial charge in [0.25, 0.3) is 0 Å². The molecule has 0 radical (unpaired) electrons. The average Bonchev–Trinajstić information content (AvgIpc) is 2.65. The SMILES string of the molecule is CCC1CCC(N)(Cc2nccn2C)CC1. The fourth-order valence-corrected chi connectivity index (χ4v) is 2.72. The zero-order valence-corrected chi connectivity index (χ0v) is 10.4. The molecule has 2 N–H and O–H groups in total. The molecule has 1 fully saturated rings. The molecule has 1 heterocycles. The van der Waals surface area contributed by atoms with Crippen LogP contribution in [0.2, 0.25) is 0 Å². The van der Waals surface area contributed by atoms with Crippen molar-refractivity contribution in [2.24, 2.45) is 18.7 Å². The predicted molar refractivity (Wildman–Crippen MR) is 66.1 cm³/mol. The van der Waals surface area contributed by atoms with Crippen LogP contribution < -0.4 is 5.73 Å². The Labute approximate surface area is 98.1 Å². The van der Waals surface area contributed by atoms with Crippen LogP contribution in [0.1, 0.15) is 44.9 Å². The van der Waals surface area contributed by atoms with E-state index in [9.17, 15) is 0 Å². The molecule has 90 valence electrons. The van der Waals surface area contributed by atoms with Gasteiger partial charge in [-0.2, -0.15) is 0 Å². The zero-order chi connectivity index (χ0) is 11.6. The van der Waals surface area contributed by atoms with Gasteiger partial charge >= 0.3 is 0 Å². The van der Waals surface area contributed by atoms with Crippen LogP contribution in [-0.4, -0.2) is 15.1 Å². The van der Waals surface area contributed by atoms with E-state index < -0.39 is 0 Å². The van der Waals surface area contributed by atoms with Crippen molar-refractivity contribution >= 4 is 0 Å². The summed E-state index contributed by atoms with van der Waals surface area (Å²) in [5.74, 6) is 2.02. The molecule has 0 spiro atoms. The van der Waals surface area contributed by atoms with E-state index in [1.807, 2.05) is 19.4 Å². The molecule has 0 aliphatic heterocycles. The van der Waals surface area contributed by atoms with Crippen LogP contribution in [0.15, 0.2) is 12.4 Å². The largest absolute Gasteiger partial charge is 0.338 e. The number of hydrogen-bond donors (Lipinski definition) is 1. The minimum absolute atomic E-state index is 0.00914. The molecule has 0 amide bonds. The van der Waals surface area contributed by atoms with E-state index in [1.54, 1.807) is 0 Å². The van der Waals surface area contributed by atoms with E-state index in [4.69, 9.17) is 5.73 Å². The molecule has 3 heteroatoms. The number of imidazole rings is 1. The van der Waals surface area contributed by atoms with Gasteiger partial charge in [0.15, 0.2) is 0 Å². The Bertz CT molecular complexity index is 335. The van der Waals surface area contributed by atoms with Gasteiger partial charge in [0.1, 0.15) is 5.82 Å². The smallest absolute Gasteiger partial charge is 0.110 e. The highest BCUT2D eigenvalue weighted by Crippen LogP contribution is 2.33. The first-order valence-electron chi connectivity index (χ1n) is 6.38. The van der Waals surface area contributed by atoms with Gasteiger partial charge in [-0.25, -0.2) is 4.98 Å². The molecule has 0 bridgehead atoms. The van der Waals surface area contributed by atoms with Crippen LogP contribution in [0.3, 0.4) is 0 Å². The van der Waals surface area contributed by atoms with Crippen molar-refractivity contribution in [2.75, 3.05) is 0 Å². The van der Waals surface area contributed by atoms with Crippen LogP contribution in [0.4, 0.5) is 0 Å². The second kappa shape index (κ2) is 4.58. The summed E-state index contributed by atoms with van der Waals surface area (Å²) in [7, 11) is 2.05. The molecule has 0 aromatic carbocycles. The highest BCUT2D eigenvalue weighted by Gasteiger charge is 2.32. The Kier molecular flexibility index (Phi) is 3.33. The number of rotatable bonds is 3. The van der Waals surface area contributed by atoms with Crippen LogP contribution in [-0.2, 0) is 13.5 Å². The van der Waals surface area contributed by atoms with E-state index in [1.165, 1.54) is 19.3 Å². The summed E-state index contributed by atoms with van der Waals surface area (Å²) >= 11 is 0. The van der Waals surface area contributed by atoms with E-state index >= 15 is 0 Å². The summed E-state index contributed by atoms with van der Waals surface area (Å²) in [5.41, 5.74) is 6.47. The van der Waals surface area contributed by atoms with E-state index in [0.717, 1.165) is 31.0 Å². The maximum absolute atomic E-state index is 6.48. The maximum atomic E-state index is 6.48. The lowest BCUT2D eigenvalue weighted by Crippen LogP contribution is -2.45. The summed E-state index contributed by atoms with van der Waals surface area (Å²) in [6.45, 7) is 2.28. The first-order valence-corrected chi connectivity index (χ1v) is 6.38. The maximum Gasteiger partial charge on any atom is 0.110 e. The van der Waals surface area contributed by atoms with Crippen LogP contribution >= 0.6 is 0 Å². The third-order valence-electron chi connectivity index (χ3n) is 4.11. The van der Waals surface area contributed by atoms with Crippen molar-refractivity contribution in [3.05, 3.63) is 18.2 Å². The summed E-state index contributed by atoms with van der Waals surface area (Å²) in [6, 6.07) is 0. The van der Waals surface area contributed by atoms with Crippen molar-refractivity contribution in [2.45, 2.75) is 51.0 Å². The Morgan fingerprint density at radius 1 is 1.50 bits per heavy atom. The Hall–Kier alpha value is -0.830. The predicted octanol–water partition coefficient (Wildman–Crippen LogP) is 2.26. The van der Waals surface area contributed by atoms with E-state index in [-0.39, 0.29) is 5.54 Å². The summed E-state index contributed by atoms with van der Waals surface area (Å²) < 4.78 is 2.08. The fraction of sp³-hybridized carbons (Fsp3) is 0.769. The Balaban J connectivity index is 1.97. The number of hydrogen-bond acceptors (Lipinski definition) is 2. The first kappa shape index (κ1) is 11.6. The minimum Gasteiger partial charge on any atom is -0.338 e. The van der Waals surface area contributed by atoms with Gasteiger partial charge in [-0.15, -0.1) is 0 Å². The fourth-order valence-electron chi connectivity index (χ4n) is 2.72. The monoisotopic (exact) mass is 221 g/mol. The highest BCUT2D eigenvalue weighted by atomic mass is 15.0. The quantitative estimate of drug-likeness (QED) is 0.851. The molecule has 1 saturated carbocycles. The third-order valence-corrected chi connectivity index (χ3v) is 4.11. The Morgan fingerprint density at radius 2 is 2.19 bits per heavy atom. The third kappa shape index (κ3) is 2.46. The second-order valence-electron chi connectivity index (χ2n) is 5.35. The van der Waals surface area contributed by atoms with Gasteiger partial charge in [-0.05, 0) is 31.6 Å². The molecule has 2 rings (SSSR count). The lowest BCUT2D eigenvalue weighted by Gasteiger charge is -2.36. The summed E-state index contributed by atoms with van der Waals surface area (Å²) in [4.78, 5) is 4.38. The van der Waals surface area contributed by atoms with Crippen LogP contribution in [0, 0.1) is 5.92 Å². The molecule has 0 unspecified atom stereocenters. The normalized spacial score (nSPS) is 30.6. The molecule has 0 saturated heterocycles. The minimum atomic E-state index is -0.00914. The number of aryl methyl sites for hydroxylation is 1. The van der Waals surface area contributed by atoms with E-state index in [0.29, 0.717) is 0 Å². The molecule has 3 nitrogen and oxygen atoms in total. The highest BCUT2D eigenvalue weighted by molar-refractivity contribution is 5.02. The lowest BCUT2D eigenvalue weighted by atomic mass is 9.74. The standard InChI is InChI=1S/C13H23N3/c1-3-11-4-6-13(14,7-5-11)10-12-15-8-9-16(12)2/h8-9,11H,3-7,10,14H2,1-2H3. The van der Waals surface area contributed by atoms with Crippen molar-refractivity contribution in [1.29, 1.82) is 0 Å². The molecule has 1 aromatic rings. The van der Waals surface area contributed by atoms with Crippen LogP contribution in [0.25, 0.3) is 0 Å². The first-order chi connectivity index (χ1) is 7.63. The average molecular weight is 221 g/mol. The molecule has 1 aliphatic rings. The number of nitrogens with zero attached hydrogens (tertiary/aromatic N) is 2. The van der Waals surface area contributed by atoms with Gasteiger partial charge in [-0.1, -0.05) is 13.3 Å². The summed E-state index contributed by atoms with van der Waals surface area (Å²) in [6.07, 6.45) is 11.0. The summed E-state index contributed by atoms with van der Waals surface area (Å²) in [5, 5.41) is 0. The van der Waals surface area contributed by atoms with Gasteiger partial charge in [0, 0.05) is 31.4 Å². The molecule has 0 atom stereocenters. The molecule has 1 aromatic heterocycles. The van der Waals surface area contributed by atoms with Crippen molar-refractivity contribution in [3.63, 3.8) is 0 Å². The number of aromatic nitrogens is 2. The van der Waals surface area contributed by atoms with Gasteiger partial charge in [0.05, 0.1) is 0 Å². The van der Waals surface area contributed by atoms with Gasteiger partial charge in [-0.3, -0.25) is 0 Å². The van der Waals surface area contributed by atoms with Crippen LogP contribution in [0.5, 0.6) is 0 Å². The van der Waals surface area contributed by atoms with Gasteiger partial charge < -0.3 is 10.3 Å². The second-order valence-corrected chi connectivity index (χ2v) is 5.35. The topological polar surface area (TPSA) is 43.8 Å². The molecular formula is C13H23N3. The molecule has 1 aliphatic carbocycles. The van der Waals surface area contributed by atoms with E-state index in [2.05, 4.69) is 16.5 Å². The zero-order valence-electron chi connectivity index (χ0n) is 10.4. The van der Waals surface area contributed by atoms with Crippen molar-refractivity contribution in [1.82, 2.24) is 9.55 Å². The lowest BCUT2D eigenvalue weighted by molar-refractivity contribution is 0.225. The molecule has 16 heavy (non-hydrogen) atoms. The molecular weight excluding hydrogens is 198 g/mol. The van der Waals surface area contributed by atoms with Crippen molar-refractivity contribution in [3.8, 4) is 0 Å².